The molecule has 1 amide bonds. The maximum atomic E-state index is 13.1. The van der Waals surface area contributed by atoms with E-state index in [2.05, 4.69) is 5.32 Å². The zero-order chi connectivity index (χ0) is 20.2. The number of rotatable bonds is 7. The summed E-state index contributed by atoms with van der Waals surface area (Å²) < 4.78 is 12.4. The molecule has 0 fully saturated rings. The van der Waals surface area contributed by atoms with Gasteiger partial charge < -0.3 is 18.9 Å². The quantitative estimate of drug-likeness (QED) is 0.382. The molecule has 3 aromatic heterocycles. The normalized spacial score (nSPS) is 10.8. The van der Waals surface area contributed by atoms with E-state index in [9.17, 15) is 9.59 Å². The largest absolute Gasteiger partial charge is 0.494 e. The summed E-state index contributed by atoms with van der Waals surface area (Å²) in [6, 6.07) is 18.5. The number of carbonyl (C=O) groups is 2. The summed E-state index contributed by atoms with van der Waals surface area (Å²) in [5, 5.41) is 2.63. The topological polar surface area (TPSA) is 73.0 Å². The van der Waals surface area contributed by atoms with E-state index >= 15 is 0 Å². The first-order chi connectivity index (χ1) is 14.2. The molecule has 0 unspecified atom stereocenters. The van der Waals surface area contributed by atoms with Gasteiger partial charge in [0, 0.05) is 17.3 Å². The molecule has 0 aliphatic heterocycles. The van der Waals surface area contributed by atoms with E-state index < -0.39 is 11.7 Å². The Labute approximate surface area is 167 Å². The Kier molecular flexibility index (Phi) is 5.16. The fourth-order valence-electron chi connectivity index (χ4n) is 3.24. The van der Waals surface area contributed by atoms with Crippen LogP contribution < -0.4 is 10.1 Å². The van der Waals surface area contributed by atoms with Crippen molar-refractivity contribution in [2.24, 2.45) is 0 Å². The van der Waals surface area contributed by atoms with Crippen molar-refractivity contribution in [1.82, 2.24) is 9.72 Å². The number of carbonyl (C=O) groups excluding carboxylic acids is 2. The second kappa shape index (κ2) is 8.06. The predicted molar refractivity (Wildman–Crippen MR) is 109 cm³/mol. The molecule has 0 radical (unpaired) electrons. The van der Waals surface area contributed by atoms with Gasteiger partial charge >= 0.3 is 0 Å². The van der Waals surface area contributed by atoms with E-state index in [4.69, 9.17) is 9.15 Å². The highest BCUT2D eigenvalue weighted by atomic mass is 16.5. The summed E-state index contributed by atoms with van der Waals surface area (Å²) in [6.07, 6.45) is 3.30. The van der Waals surface area contributed by atoms with Gasteiger partial charge in [-0.3, -0.25) is 9.59 Å². The zero-order valence-corrected chi connectivity index (χ0v) is 15.9. The third kappa shape index (κ3) is 3.78. The van der Waals surface area contributed by atoms with Crippen LogP contribution >= 0.6 is 0 Å². The summed E-state index contributed by atoms with van der Waals surface area (Å²) in [6.45, 7) is 2.65. The van der Waals surface area contributed by atoms with Crippen molar-refractivity contribution in [1.29, 1.82) is 0 Å². The second-order valence-corrected chi connectivity index (χ2v) is 6.45. The number of hydrogen-bond acceptors (Lipinski definition) is 4. The predicted octanol–water partition coefficient (Wildman–Crippen LogP) is 4.10. The first kappa shape index (κ1) is 18.6. The first-order valence-corrected chi connectivity index (χ1v) is 9.35. The number of nitrogens with zero attached hydrogens (tertiary/aromatic N) is 1. The van der Waals surface area contributed by atoms with Crippen molar-refractivity contribution in [2.75, 3.05) is 6.61 Å². The van der Waals surface area contributed by atoms with Gasteiger partial charge in [0.1, 0.15) is 17.2 Å². The third-order valence-corrected chi connectivity index (χ3v) is 4.58. The minimum absolute atomic E-state index is 0.152. The van der Waals surface area contributed by atoms with Crippen LogP contribution in [-0.2, 0) is 11.3 Å². The van der Waals surface area contributed by atoms with Crippen LogP contribution in [0, 0.1) is 0 Å². The highest BCUT2D eigenvalue weighted by Crippen LogP contribution is 2.29. The van der Waals surface area contributed by atoms with Gasteiger partial charge in [0.05, 0.1) is 19.4 Å². The van der Waals surface area contributed by atoms with Gasteiger partial charge in [0.15, 0.2) is 0 Å². The SMILES string of the molecule is CCOc1ccc(-c2cc3ccccn3c2C(=O)C(=O)NCc2ccco2)cc1. The van der Waals surface area contributed by atoms with Crippen LogP contribution in [0.5, 0.6) is 5.75 Å². The summed E-state index contributed by atoms with van der Waals surface area (Å²) >= 11 is 0. The maximum Gasteiger partial charge on any atom is 0.294 e. The molecule has 146 valence electrons. The Hall–Kier alpha value is -3.80. The minimum Gasteiger partial charge on any atom is -0.494 e. The molecule has 1 aromatic carbocycles. The van der Waals surface area contributed by atoms with E-state index in [0.29, 0.717) is 23.6 Å². The zero-order valence-electron chi connectivity index (χ0n) is 15.9. The summed E-state index contributed by atoms with van der Waals surface area (Å²) in [5.74, 6) is 0.0473. The van der Waals surface area contributed by atoms with Crippen LogP contribution in [0.1, 0.15) is 23.2 Å². The molecule has 0 atom stereocenters. The molecule has 3 heterocycles. The van der Waals surface area contributed by atoms with Crippen molar-refractivity contribution in [2.45, 2.75) is 13.5 Å². The number of nitrogens with one attached hydrogen (secondary N) is 1. The average molecular weight is 388 g/mol. The lowest BCUT2D eigenvalue weighted by Crippen LogP contribution is -2.31. The lowest BCUT2D eigenvalue weighted by atomic mass is 10.0. The number of ether oxygens (including phenoxy) is 1. The van der Waals surface area contributed by atoms with E-state index in [-0.39, 0.29) is 6.54 Å². The molecule has 4 aromatic rings. The highest BCUT2D eigenvalue weighted by Gasteiger charge is 2.24. The summed E-state index contributed by atoms with van der Waals surface area (Å²) in [4.78, 5) is 25.6. The van der Waals surface area contributed by atoms with Gasteiger partial charge in [-0.15, -0.1) is 0 Å². The van der Waals surface area contributed by atoms with E-state index in [1.54, 1.807) is 22.7 Å². The highest BCUT2D eigenvalue weighted by molar-refractivity contribution is 6.43. The number of amides is 1. The molecule has 0 aliphatic carbocycles. The maximum absolute atomic E-state index is 13.1. The van der Waals surface area contributed by atoms with Crippen LogP contribution in [0.4, 0.5) is 0 Å². The first-order valence-electron chi connectivity index (χ1n) is 9.35. The van der Waals surface area contributed by atoms with Crippen LogP contribution in [0.2, 0.25) is 0 Å². The molecule has 6 nitrogen and oxygen atoms in total. The van der Waals surface area contributed by atoms with Crippen molar-refractivity contribution in [3.63, 3.8) is 0 Å². The number of fused-ring (bicyclic) bond motifs is 1. The molecule has 0 aliphatic rings. The molecule has 1 N–H and O–H groups in total. The molecule has 6 heteroatoms. The lowest BCUT2D eigenvalue weighted by molar-refractivity contribution is -0.117. The molecular formula is C23H20N2O4. The smallest absolute Gasteiger partial charge is 0.294 e. The van der Waals surface area contributed by atoms with Crippen molar-refractivity contribution >= 4 is 17.2 Å². The number of benzene rings is 1. The third-order valence-electron chi connectivity index (χ3n) is 4.58. The number of hydrogen-bond donors (Lipinski definition) is 1. The van der Waals surface area contributed by atoms with Gasteiger partial charge in [-0.25, -0.2) is 0 Å². The van der Waals surface area contributed by atoms with E-state index in [1.165, 1.54) is 6.26 Å². The second-order valence-electron chi connectivity index (χ2n) is 6.45. The molecule has 0 saturated heterocycles. The fraction of sp³-hybridized carbons (Fsp3) is 0.130. The van der Waals surface area contributed by atoms with E-state index in [0.717, 1.165) is 16.8 Å². The van der Waals surface area contributed by atoms with Crippen LogP contribution in [0.15, 0.2) is 77.5 Å². The Bertz CT molecular complexity index is 1140. The van der Waals surface area contributed by atoms with Crippen LogP contribution in [0.25, 0.3) is 16.6 Å². The number of ketones is 1. The molecule has 0 bridgehead atoms. The average Bonchev–Trinajstić information content (AvgIpc) is 3.40. The van der Waals surface area contributed by atoms with Gasteiger partial charge in [-0.05, 0) is 55.0 Å². The van der Waals surface area contributed by atoms with Crippen molar-refractivity contribution < 1.29 is 18.7 Å². The number of pyridine rings is 1. The molecule has 0 saturated carbocycles. The molecule has 4 rings (SSSR count). The summed E-state index contributed by atoms with van der Waals surface area (Å²) in [5.41, 5.74) is 2.68. The lowest BCUT2D eigenvalue weighted by Gasteiger charge is -2.08. The monoisotopic (exact) mass is 388 g/mol. The Morgan fingerprint density at radius 1 is 1.07 bits per heavy atom. The standard InChI is InChI=1S/C23H20N2O4/c1-2-28-18-10-8-16(9-11-18)20-14-17-6-3-4-12-25(17)21(20)22(26)23(27)24-15-19-7-5-13-29-19/h3-14H,2,15H2,1H3,(H,24,27). The van der Waals surface area contributed by atoms with E-state index in [1.807, 2.05) is 55.5 Å². The molecular weight excluding hydrogens is 368 g/mol. The number of furan rings is 1. The number of Topliss-reactive ketones (excluding diaryl/α,β-unsaturated/α-hetero) is 1. The Morgan fingerprint density at radius 3 is 2.62 bits per heavy atom. The molecule has 0 spiro atoms. The van der Waals surface area contributed by atoms with Crippen molar-refractivity contribution in [3.05, 3.63) is 84.6 Å². The van der Waals surface area contributed by atoms with Crippen LogP contribution in [0.3, 0.4) is 0 Å². The van der Waals surface area contributed by atoms with Crippen LogP contribution in [-0.4, -0.2) is 22.7 Å². The van der Waals surface area contributed by atoms with Gasteiger partial charge in [-0.2, -0.15) is 0 Å². The van der Waals surface area contributed by atoms with Gasteiger partial charge in [0.2, 0.25) is 0 Å². The Morgan fingerprint density at radius 2 is 1.90 bits per heavy atom. The minimum atomic E-state index is -0.683. The molecule has 29 heavy (non-hydrogen) atoms. The fourth-order valence-corrected chi connectivity index (χ4v) is 3.24. The Balaban J connectivity index is 1.69. The number of aromatic nitrogens is 1. The summed E-state index contributed by atoms with van der Waals surface area (Å²) in [7, 11) is 0. The van der Waals surface area contributed by atoms with Crippen molar-refractivity contribution in [3.8, 4) is 16.9 Å². The van der Waals surface area contributed by atoms with Gasteiger partial charge in [-0.1, -0.05) is 18.2 Å². The van der Waals surface area contributed by atoms with Gasteiger partial charge in [0.25, 0.3) is 11.7 Å².